The first-order valence-electron chi connectivity index (χ1n) is 9.34. The molecule has 4 rings (SSSR count). The summed E-state index contributed by atoms with van der Waals surface area (Å²) in [6, 6.07) is 17.7. The van der Waals surface area contributed by atoms with Crippen LogP contribution in [0.1, 0.15) is 40.4 Å². The molecule has 3 aromatic rings. The van der Waals surface area contributed by atoms with E-state index < -0.39 is 0 Å². The highest BCUT2D eigenvalue weighted by atomic mass is 16.5. The van der Waals surface area contributed by atoms with Crippen molar-refractivity contribution in [2.45, 2.75) is 25.7 Å². The summed E-state index contributed by atoms with van der Waals surface area (Å²) in [5.74, 6) is 1.12. The molecule has 0 saturated heterocycles. The maximum atomic E-state index is 12.7. The zero-order valence-corrected chi connectivity index (χ0v) is 15.4. The summed E-state index contributed by atoms with van der Waals surface area (Å²) in [4.78, 5) is 12.7. The smallest absolute Gasteiger partial charge is 0.254 e. The van der Waals surface area contributed by atoms with Gasteiger partial charge in [-0.1, -0.05) is 36.4 Å². The van der Waals surface area contributed by atoms with Crippen molar-refractivity contribution in [3.8, 4) is 11.4 Å². The highest BCUT2D eigenvalue weighted by Gasteiger charge is 2.33. The average molecular weight is 361 g/mol. The van der Waals surface area contributed by atoms with Gasteiger partial charge in [-0.2, -0.15) is 5.10 Å². The molecule has 1 fully saturated rings. The van der Waals surface area contributed by atoms with Gasteiger partial charge in [-0.05, 0) is 43.5 Å². The number of nitrogens with one attached hydrogen (secondary N) is 1. The van der Waals surface area contributed by atoms with Gasteiger partial charge in [0, 0.05) is 5.92 Å². The molecule has 2 aromatic carbocycles. The number of ether oxygens (including phenoxy) is 1. The van der Waals surface area contributed by atoms with Crippen LogP contribution in [-0.4, -0.2) is 28.8 Å². The van der Waals surface area contributed by atoms with E-state index >= 15 is 0 Å². The minimum atomic E-state index is -0.0894. The van der Waals surface area contributed by atoms with Crippen LogP contribution in [0.5, 0.6) is 5.75 Å². The summed E-state index contributed by atoms with van der Waals surface area (Å²) in [5, 5.41) is 7.48. The second-order valence-corrected chi connectivity index (χ2v) is 6.83. The van der Waals surface area contributed by atoms with Gasteiger partial charge >= 0.3 is 0 Å². The van der Waals surface area contributed by atoms with E-state index in [9.17, 15) is 4.79 Å². The minimum absolute atomic E-state index is 0.0894. The monoisotopic (exact) mass is 361 g/mol. The van der Waals surface area contributed by atoms with Crippen molar-refractivity contribution in [2.75, 3.05) is 13.2 Å². The van der Waals surface area contributed by atoms with Gasteiger partial charge < -0.3 is 10.1 Å². The Morgan fingerprint density at radius 2 is 1.89 bits per heavy atom. The van der Waals surface area contributed by atoms with Crippen LogP contribution < -0.4 is 10.1 Å². The molecular formula is C22H23N3O2. The van der Waals surface area contributed by atoms with Crippen LogP contribution in [0.4, 0.5) is 0 Å². The number of amides is 1. The van der Waals surface area contributed by atoms with Crippen molar-refractivity contribution in [3.63, 3.8) is 0 Å². The average Bonchev–Trinajstić information content (AvgIpc) is 3.44. The molecule has 1 aromatic heterocycles. The Hall–Kier alpha value is -3.08. The molecular weight excluding hydrogens is 338 g/mol. The number of nitrogens with zero attached hydrogens (tertiary/aromatic N) is 2. The van der Waals surface area contributed by atoms with E-state index in [1.54, 1.807) is 6.20 Å². The van der Waals surface area contributed by atoms with Crippen molar-refractivity contribution in [3.05, 3.63) is 77.6 Å². The lowest BCUT2D eigenvalue weighted by Crippen LogP contribution is -2.28. The van der Waals surface area contributed by atoms with Crippen LogP contribution >= 0.6 is 0 Å². The molecule has 1 aliphatic carbocycles. The van der Waals surface area contributed by atoms with Crippen LogP contribution in [-0.2, 0) is 0 Å². The first kappa shape index (κ1) is 17.3. The maximum absolute atomic E-state index is 12.7. The Labute approximate surface area is 159 Å². The summed E-state index contributed by atoms with van der Waals surface area (Å²) in [6.45, 7) is 2.95. The summed E-state index contributed by atoms with van der Waals surface area (Å²) in [5.41, 5.74) is 3.86. The summed E-state index contributed by atoms with van der Waals surface area (Å²) in [6.07, 6.45) is 3.90. The molecule has 1 saturated carbocycles. The normalized spacial score (nSPS) is 13.4. The minimum Gasteiger partial charge on any atom is -0.492 e. The second kappa shape index (κ2) is 7.66. The summed E-state index contributed by atoms with van der Waals surface area (Å²) in [7, 11) is 0. The van der Waals surface area contributed by atoms with Crippen LogP contribution in [0.3, 0.4) is 0 Å². The Morgan fingerprint density at radius 3 is 2.63 bits per heavy atom. The van der Waals surface area contributed by atoms with Gasteiger partial charge in [0.1, 0.15) is 12.4 Å². The molecule has 27 heavy (non-hydrogen) atoms. The quantitative estimate of drug-likeness (QED) is 0.650. The highest BCUT2D eigenvalue weighted by molar-refractivity contribution is 5.95. The number of para-hydroxylation sites is 2. The van der Waals surface area contributed by atoms with Gasteiger partial charge in [-0.3, -0.25) is 4.79 Å². The first-order valence-corrected chi connectivity index (χ1v) is 9.34. The van der Waals surface area contributed by atoms with E-state index in [0.29, 0.717) is 24.6 Å². The molecule has 0 atom stereocenters. The van der Waals surface area contributed by atoms with Gasteiger partial charge in [0.05, 0.1) is 29.7 Å². The molecule has 0 spiro atoms. The number of hydrogen-bond donors (Lipinski definition) is 1. The zero-order valence-electron chi connectivity index (χ0n) is 15.4. The van der Waals surface area contributed by atoms with Crippen LogP contribution in [0.15, 0.2) is 60.8 Å². The Balaban J connectivity index is 1.45. The van der Waals surface area contributed by atoms with Crippen molar-refractivity contribution in [1.82, 2.24) is 15.1 Å². The SMILES string of the molecule is Cc1ccccc1-n1ncc(C(=O)NCCOc2ccccc2)c1C1CC1. The Morgan fingerprint density at radius 1 is 1.15 bits per heavy atom. The standard InChI is InChI=1S/C22H23N3O2/c1-16-7-5-6-10-20(16)25-21(17-11-12-17)19(15-24-25)22(26)23-13-14-27-18-8-3-2-4-9-18/h2-10,15,17H,11-14H2,1H3,(H,23,26). The summed E-state index contributed by atoms with van der Waals surface area (Å²) < 4.78 is 7.57. The number of rotatable bonds is 7. The third-order valence-corrected chi connectivity index (χ3v) is 4.76. The van der Waals surface area contributed by atoms with Crippen LogP contribution in [0, 0.1) is 6.92 Å². The largest absolute Gasteiger partial charge is 0.492 e. The molecule has 5 nitrogen and oxygen atoms in total. The van der Waals surface area contributed by atoms with E-state index in [-0.39, 0.29) is 5.91 Å². The van der Waals surface area contributed by atoms with Gasteiger partial charge in [0.15, 0.2) is 0 Å². The predicted molar refractivity (Wildman–Crippen MR) is 105 cm³/mol. The van der Waals surface area contributed by atoms with E-state index in [1.807, 2.05) is 53.2 Å². The number of aromatic nitrogens is 2. The number of carbonyl (C=O) groups excluding carboxylic acids is 1. The second-order valence-electron chi connectivity index (χ2n) is 6.83. The number of aryl methyl sites for hydroxylation is 1. The number of hydrogen-bond acceptors (Lipinski definition) is 3. The Bertz CT molecular complexity index is 930. The molecule has 1 heterocycles. The predicted octanol–water partition coefficient (Wildman–Crippen LogP) is 3.87. The molecule has 1 N–H and O–H groups in total. The fourth-order valence-electron chi connectivity index (χ4n) is 3.22. The molecule has 0 bridgehead atoms. The zero-order chi connectivity index (χ0) is 18.6. The van der Waals surface area contributed by atoms with Gasteiger partial charge in [-0.15, -0.1) is 0 Å². The summed E-state index contributed by atoms with van der Waals surface area (Å²) >= 11 is 0. The lowest BCUT2D eigenvalue weighted by Gasteiger charge is -2.11. The van der Waals surface area contributed by atoms with Crippen molar-refractivity contribution in [1.29, 1.82) is 0 Å². The van der Waals surface area contributed by atoms with Gasteiger partial charge in [-0.25, -0.2) is 4.68 Å². The van der Waals surface area contributed by atoms with E-state index in [0.717, 1.165) is 35.5 Å². The molecule has 0 unspecified atom stereocenters. The first-order chi connectivity index (χ1) is 13.2. The number of carbonyl (C=O) groups is 1. The lowest BCUT2D eigenvalue weighted by molar-refractivity contribution is 0.0946. The van der Waals surface area contributed by atoms with E-state index in [4.69, 9.17) is 4.74 Å². The number of benzene rings is 2. The molecule has 0 radical (unpaired) electrons. The molecule has 1 amide bonds. The highest BCUT2D eigenvalue weighted by Crippen LogP contribution is 2.42. The lowest BCUT2D eigenvalue weighted by atomic mass is 10.1. The van der Waals surface area contributed by atoms with Crippen LogP contribution in [0.25, 0.3) is 5.69 Å². The van der Waals surface area contributed by atoms with Crippen molar-refractivity contribution < 1.29 is 9.53 Å². The molecule has 1 aliphatic rings. The van der Waals surface area contributed by atoms with E-state index in [1.165, 1.54) is 0 Å². The fraction of sp³-hybridized carbons (Fsp3) is 0.273. The maximum Gasteiger partial charge on any atom is 0.254 e. The Kier molecular flexibility index (Phi) is 4.92. The molecule has 5 heteroatoms. The van der Waals surface area contributed by atoms with Crippen molar-refractivity contribution >= 4 is 5.91 Å². The topological polar surface area (TPSA) is 56.2 Å². The third-order valence-electron chi connectivity index (χ3n) is 4.76. The fourth-order valence-corrected chi connectivity index (χ4v) is 3.22. The van der Waals surface area contributed by atoms with E-state index in [2.05, 4.69) is 23.4 Å². The third kappa shape index (κ3) is 3.87. The van der Waals surface area contributed by atoms with Gasteiger partial charge in [0.25, 0.3) is 5.91 Å². The van der Waals surface area contributed by atoms with Crippen LogP contribution in [0.2, 0.25) is 0 Å². The van der Waals surface area contributed by atoms with Crippen molar-refractivity contribution in [2.24, 2.45) is 0 Å². The molecule has 0 aliphatic heterocycles. The molecule has 138 valence electrons. The van der Waals surface area contributed by atoms with Gasteiger partial charge in [0.2, 0.25) is 0 Å².